The van der Waals surface area contributed by atoms with Gasteiger partial charge in [0, 0.05) is 22.6 Å². The molecule has 2 aromatic rings. The molecule has 0 amide bonds. The number of rotatable bonds is 4. The zero-order valence-electron chi connectivity index (χ0n) is 12.9. The second kappa shape index (κ2) is 5.81. The number of nitrogens with one attached hydrogen (secondary N) is 1. The summed E-state index contributed by atoms with van der Waals surface area (Å²) in [5.41, 5.74) is 11.2. The first-order valence-electron chi connectivity index (χ1n) is 6.78. The Kier molecular flexibility index (Phi) is 4.27. The van der Waals surface area contributed by atoms with E-state index in [4.69, 9.17) is 22.5 Å². The topological polar surface area (TPSA) is 77.0 Å². The van der Waals surface area contributed by atoms with Crippen LogP contribution < -0.4 is 11.1 Å². The van der Waals surface area contributed by atoms with E-state index in [-0.39, 0.29) is 6.04 Å². The fraction of sp³-hybridized carbons (Fsp3) is 0.400. The van der Waals surface area contributed by atoms with Gasteiger partial charge in [-0.25, -0.2) is 0 Å². The van der Waals surface area contributed by atoms with Crippen LogP contribution in [0.1, 0.15) is 46.9 Å². The van der Waals surface area contributed by atoms with Crippen LogP contribution in [0.25, 0.3) is 0 Å². The lowest BCUT2D eigenvalue weighted by molar-refractivity contribution is 0.392. The Morgan fingerprint density at radius 1 is 1.29 bits per heavy atom. The molecule has 1 unspecified atom stereocenters. The molecule has 0 aliphatic rings. The third-order valence-electron chi connectivity index (χ3n) is 3.47. The summed E-state index contributed by atoms with van der Waals surface area (Å²) in [6.07, 6.45) is 0. The minimum atomic E-state index is 0.0329. The van der Waals surface area contributed by atoms with Crippen molar-refractivity contribution in [3.8, 4) is 0 Å². The SMILES string of the molecule is Cc1cc(NC(C)c2c(C)noc2C)c(C(N)=S)c(C)n1. The number of hydrogen-bond donors (Lipinski definition) is 2. The quantitative estimate of drug-likeness (QED) is 0.845. The van der Waals surface area contributed by atoms with Gasteiger partial charge in [0.1, 0.15) is 10.7 Å². The van der Waals surface area contributed by atoms with Gasteiger partial charge in [-0.15, -0.1) is 0 Å². The largest absolute Gasteiger partial charge is 0.389 e. The van der Waals surface area contributed by atoms with E-state index in [0.717, 1.165) is 39.7 Å². The molecule has 6 heteroatoms. The van der Waals surface area contributed by atoms with Gasteiger partial charge in [-0.3, -0.25) is 4.98 Å². The Labute approximate surface area is 129 Å². The van der Waals surface area contributed by atoms with Crippen LogP contribution in [0.3, 0.4) is 0 Å². The van der Waals surface area contributed by atoms with Crippen LogP contribution in [0.4, 0.5) is 5.69 Å². The molecular weight excluding hydrogens is 284 g/mol. The van der Waals surface area contributed by atoms with Gasteiger partial charge >= 0.3 is 0 Å². The van der Waals surface area contributed by atoms with Gasteiger partial charge in [0.15, 0.2) is 0 Å². The number of nitrogens with zero attached hydrogens (tertiary/aromatic N) is 2. The van der Waals surface area contributed by atoms with E-state index in [1.807, 2.05) is 33.8 Å². The summed E-state index contributed by atoms with van der Waals surface area (Å²) in [7, 11) is 0. The lowest BCUT2D eigenvalue weighted by Gasteiger charge is -2.19. The number of thiocarbonyl (C=S) groups is 1. The monoisotopic (exact) mass is 304 g/mol. The van der Waals surface area contributed by atoms with Crippen LogP contribution in [-0.4, -0.2) is 15.1 Å². The standard InChI is InChI=1S/C15H20N4OS/c1-7-6-12(14(15(16)21)9(3)17-7)18-8(2)13-10(4)19-20-11(13)5/h6,8H,1-5H3,(H2,16,21)(H,17,18). The summed E-state index contributed by atoms with van der Waals surface area (Å²) in [6, 6.07) is 1.99. The van der Waals surface area contributed by atoms with E-state index >= 15 is 0 Å². The molecular formula is C15H20N4OS. The fourth-order valence-corrected chi connectivity index (χ4v) is 2.92. The van der Waals surface area contributed by atoms with Crippen LogP contribution in [0.15, 0.2) is 10.6 Å². The van der Waals surface area contributed by atoms with Gasteiger partial charge in [0.05, 0.1) is 17.3 Å². The average molecular weight is 304 g/mol. The highest BCUT2D eigenvalue weighted by Gasteiger charge is 2.19. The lowest BCUT2D eigenvalue weighted by atomic mass is 10.0. The summed E-state index contributed by atoms with van der Waals surface area (Å²) in [6.45, 7) is 9.75. The molecule has 3 N–H and O–H groups in total. The minimum Gasteiger partial charge on any atom is -0.389 e. The molecule has 2 rings (SSSR count). The molecule has 0 spiro atoms. The summed E-state index contributed by atoms with van der Waals surface area (Å²) >= 11 is 5.15. The number of aryl methyl sites for hydroxylation is 4. The lowest BCUT2D eigenvalue weighted by Crippen LogP contribution is -2.18. The molecule has 1 atom stereocenters. The maximum absolute atomic E-state index is 5.84. The van der Waals surface area contributed by atoms with Crippen molar-refractivity contribution in [3.63, 3.8) is 0 Å². The molecule has 0 radical (unpaired) electrons. The highest BCUT2D eigenvalue weighted by molar-refractivity contribution is 7.80. The average Bonchev–Trinajstić information content (AvgIpc) is 2.67. The molecule has 112 valence electrons. The van der Waals surface area contributed by atoms with Crippen LogP contribution in [0.2, 0.25) is 0 Å². The molecule has 0 fully saturated rings. The summed E-state index contributed by atoms with van der Waals surface area (Å²) < 4.78 is 5.23. The second-order valence-corrected chi connectivity index (χ2v) is 5.68. The van der Waals surface area contributed by atoms with Crippen LogP contribution in [0, 0.1) is 27.7 Å². The van der Waals surface area contributed by atoms with Crippen LogP contribution in [0.5, 0.6) is 0 Å². The molecule has 0 aliphatic carbocycles. The van der Waals surface area contributed by atoms with E-state index in [9.17, 15) is 0 Å². The van der Waals surface area contributed by atoms with Gasteiger partial charge in [0.2, 0.25) is 0 Å². The Hall–Kier alpha value is -1.95. The van der Waals surface area contributed by atoms with E-state index in [2.05, 4.69) is 22.4 Å². The summed E-state index contributed by atoms with van der Waals surface area (Å²) in [5, 5.41) is 7.44. The van der Waals surface area contributed by atoms with Gasteiger partial charge in [0.25, 0.3) is 0 Å². The van der Waals surface area contributed by atoms with E-state index in [1.54, 1.807) is 0 Å². The van der Waals surface area contributed by atoms with Crippen molar-refractivity contribution in [2.24, 2.45) is 5.73 Å². The van der Waals surface area contributed by atoms with Crippen molar-refractivity contribution in [1.29, 1.82) is 0 Å². The zero-order chi connectivity index (χ0) is 15.7. The molecule has 0 saturated carbocycles. The highest BCUT2D eigenvalue weighted by Crippen LogP contribution is 2.28. The van der Waals surface area contributed by atoms with Gasteiger partial charge in [-0.1, -0.05) is 17.4 Å². The van der Waals surface area contributed by atoms with Crippen molar-refractivity contribution >= 4 is 22.9 Å². The van der Waals surface area contributed by atoms with E-state index in [1.165, 1.54) is 0 Å². The molecule has 0 bridgehead atoms. The molecule has 5 nitrogen and oxygen atoms in total. The minimum absolute atomic E-state index is 0.0329. The summed E-state index contributed by atoms with van der Waals surface area (Å²) in [5.74, 6) is 0.812. The maximum atomic E-state index is 5.84. The van der Waals surface area contributed by atoms with Crippen LogP contribution in [-0.2, 0) is 0 Å². The van der Waals surface area contributed by atoms with Gasteiger partial charge in [-0.2, -0.15) is 0 Å². The normalized spacial score (nSPS) is 12.2. The van der Waals surface area contributed by atoms with Crippen molar-refractivity contribution in [1.82, 2.24) is 10.1 Å². The van der Waals surface area contributed by atoms with Gasteiger partial charge < -0.3 is 15.6 Å². The number of anilines is 1. The Morgan fingerprint density at radius 2 is 1.95 bits per heavy atom. The molecule has 2 aromatic heterocycles. The molecule has 0 aliphatic heterocycles. The predicted molar refractivity (Wildman–Crippen MR) is 87.6 cm³/mol. The highest BCUT2D eigenvalue weighted by atomic mass is 32.1. The Morgan fingerprint density at radius 3 is 2.48 bits per heavy atom. The fourth-order valence-electron chi connectivity index (χ4n) is 2.67. The van der Waals surface area contributed by atoms with E-state index in [0.29, 0.717) is 4.99 Å². The Balaban J connectivity index is 2.42. The van der Waals surface area contributed by atoms with Crippen molar-refractivity contribution < 1.29 is 4.52 Å². The molecule has 2 heterocycles. The zero-order valence-corrected chi connectivity index (χ0v) is 13.8. The van der Waals surface area contributed by atoms with Crippen molar-refractivity contribution in [2.75, 3.05) is 5.32 Å². The first kappa shape index (κ1) is 15.4. The number of aromatic nitrogens is 2. The second-order valence-electron chi connectivity index (χ2n) is 5.24. The maximum Gasteiger partial charge on any atom is 0.139 e. The number of pyridine rings is 1. The Bertz CT molecular complexity index is 674. The van der Waals surface area contributed by atoms with Crippen molar-refractivity contribution in [3.05, 3.63) is 40.0 Å². The number of hydrogen-bond acceptors (Lipinski definition) is 5. The third-order valence-corrected chi connectivity index (χ3v) is 3.67. The first-order chi connectivity index (χ1) is 9.81. The molecule has 0 saturated heterocycles. The van der Waals surface area contributed by atoms with Crippen molar-refractivity contribution in [2.45, 2.75) is 40.7 Å². The number of nitrogens with two attached hydrogens (primary N) is 1. The van der Waals surface area contributed by atoms with Gasteiger partial charge in [-0.05, 0) is 40.7 Å². The first-order valence-corrected chi connectivity index (χ1v) is 7.19. The van der Waals surface area contributed by atoms with Crippen LogP contribution >= 0.6 is 12.2 Å². The van der Waals surface area contributed by atoms with E-state index < -0.39 is 0 Å². The smallest absolute Gasteiger partial charge is 0.139 e. The summed E-state index contributed by atoms with van der Waals surface area (Å²) in [4.78, 5) is 4.76. The predicted octanol–water partition coefficient (Wildman–Crippen LogP) is 3.11. The molecule has 0 aromatic carbocycles. The molecule has 21 heavy (non-hydrogen) atoms. The third kappa shape index (κ3) is 3.05.